The lowest BCUT2D eigenvalue weighted by molar-refractivity contribution is -0.320. The predicted octanol–water partition coefficient (Wildman–Crippen LogP) is 2.80. The fraction of sp³-hybridized carbons (Fsp3) is 0.933. The van der Waals surface area contributed by atoms with Crippen molar-refractivity contribution in [3.05, 3.63) is 4.91 Å². The van der Waals surface area contributed by atoms with Gasteiger partial charge in [0.2, 0.25) is 11.9 Å². The van der Waals surface area contributed by atoms with Gasteiger partial charge in [0, 0.05) is 11.8 Å². The van der Waals surface area contributed by atoms with E-state index in [0.29, 0.717) is 5.92 Å². The van der Waals surface area contributed by atoms with E-state index in [-0.39, 0.29) is 29.8 Å². The molecular weight excluding hydrogens is 274 g/mol. The van der Waals surface area contributed by atoms with Crippen LogP contribution in [0.1, 0.15) is 46.5 Å². The second-order valence-electron chi connectivity index (χ2n) is 6.87. The van der Waals surface area contributed by atoms with Crippen LogP contribution < -0.4 is 0 Å². The quantitative estimate of drug-likeness (QED) is 0.445. The lowest BCUT2D eigenvalue weighted by atomic mass is 9.58. The third-order valence-electron chi connectivity index (χ3n) is 5.78. The van der Waals surface area contributed by atoms with Gasteiger partial charge >= 0.3 is 5.97 Å². The minimum Gasteiger partial charge on any atom is -0.431 e. The van der Waals surface area contributed by atoms with Crippen molar-refractivity contribution < 1.29 is 19.1 Å². The van der Waals surface area contributed by atoms with Gasteiger partial charge in [0.05, 0.1) is 12.0 Å². The summed E-state index contributed by atoms with van der Waals surface area (Å²) in [5.74, 6) is -0.122. The van der Waals surface area contributed by atoms with Gasteiger partial charge in [0.15, 0.2) is 5.34 Å². The summed E-state index contributed by atoms with van der Waals surface area (Å²) < 4.78 is 11.4. The van der Waals surface area contributed by atoms with Gasteiger partial charge in [0.25, 0.3) is 0 Å². The number of hydrogen-bond acceptors (Lipinski definition) is 6. The Morgan fingerprint density at radius 3 is 2.57 bits per heavy atom. The lowest BCUT2D eigenvalue weighted by Crippen LogP contribution is -2.66. The molecule has 0 unspecified atom stereocenters. The first kappa shape index (κ1) is 14.8. The summed E-state index contributed by atoms with van der Waals surface area (Å²) in [5.41, 5.74) is -0.919. The van der Waals surface area contributed by atoms with Gasteiger partial charge in [-0.3, -0.25) is 4.79 Å². The Kier molecular flexibility index (Phi) is 3.67. The first-order valence-electron chi connectivity index (χ1n) is 7.87. The van der Waals surface area contributed by atoms with E-state index in [2.05, 4.69) is 12.3 Å². The molecule has 0 radical (unpaired) electrons. The molecule has 0 aromatic heterocycles. The Morgan fingerprint density at radius 2 is 1.86 bits per heavy atom. The zero-order chi connectivity index (χ0) is 15.2. The molecule has 7 atom stereocenters. The predicted molar refractivity (Wildman–Crippen MR) is 73.8 cm³/mol. The van der Waals surface area contributed by atoms with Crippen LogP contribution in [-0.4, -0.2) is 24.0 Å². The van der Waals surface area contributed by atoms with Crippen LogP contribution >= 0.6 is 0 Å². The van der Waals surface area contributed by atoms with Gasteiger partial charge in [-0.25, -0.2) is 0 Å². The zero-order valence-corrected chi connectivity index (χ0v) is 12.8. The van der Waals surface area contributed by atoms with Crippen LogP contribution in [0, 0.1) is 28.6 Å². The first-order valence-corrected chi connectivity index (χ1v) is 7.87. The molecule has 2 heterocycles. The van der Waals surface area contributed by atoms with Gasteiger partial charge in [-0.05, 0) is 38.5 Å². The largest absolute Gasteiger partial charge is 0.431 e. The zero-order valence-electron chi connectivity index (χ0n) is 12.8. The number of nitrogens with zero attached hydrogens (tertiary/aromatic N) is 1. The molecule has 6 nitrogen and oxygen atoms in total. The average Bonchev–Trinajstić information content (AvgIpc) is 2.57. The van der Waals surface area contributed by atoms with E-state index in [1.165, 1.54) is 0 Å². The summed E-state index contributed by atoms with van der Waals surface area (Å²) >= 11 is 0. The number of ether oxygens (including phenoxy) is 2. The number of carbonyl (C=O) groups is 1. The minimum absolute atomic E-state index is 0.0261. The summed E-state index contributed by atoms with van der Waals surface area (Å²) in [5, 5.41) is 2.76. The minimum atomic E-state index is -0.919. The van der Waals surface area contributed by atoms with E-state index in [0.717, 1.165) is 25.7 Å². The molecule has 6 heteroatoms. The smallest absolute Gasteiger partial charge is 0.311 e. The molecular formula is C15H23NO5. The van der Waals surface area contributed by atoms with Crippen molar-refractivity contribution in [2.75, 3.05) is 0 Å². The van der Waals surface area contributed by atoms with Crippen molar-refractivity contribution in [3.63, 3.8) is 0 Å². The maximum atomic E-state index is 12.1. The Morgan fingerprint density at radius 1 is 1.14 bits per heavy atom. The fourth-order valence-corrected chi connectivity index (χ4v) is 4.63. The number of hydrogen-bond donors (Lipinski definition) is 0. The number of rotatable bonds is 2. The summed E-state index contributed by atoms with van der Waals surface area (Å²) in [6.07, 6.45) is 2.77. The molecule has 0 spiro atoms. The molecule has 1 saturated carbocycles. The second-order valence-corrected chi connectivity index (χ2v) is 6.87. The molecule has 3 rings (SSSR count). The summed E-state index contributed by atoms with van der Waals surface area (Å²) in [4.78, 5) is 28.5. The SMILES string of the molecule is C[C@@H]1CC[C@H]2[C@@H](C)C(=O)O[C@@H]3O[C@@H](C)CC[C@@H]1[C@]32ON=O. The third kappa shape index (κ3) is 2.06. The maximum Gasteiger partial charge on any atom is 0.311 e. The normalized spacial score (nSPS) is 49.6. The monoisotopic (exact) mass is 297 g/mol. The lowest BCUT2D eigenvalue weighted by Gasteiger charge is -2.54. The molecule has 118 valence electrons. The molecule has 0 aromatic rings. The van der Waals surface area contributed by atoms with Crippen molar-refractivity contribution in [1.82, 2.24) is 0 Å². The highest BCUT2D eigenvalue weighted by molar-refractivity contribution is 5.74. The van der Waals surface area contributed by atoms with Gasteiger partial charge in [-0.1, -0.05) is 13.8 Å². The van der Waals surface area contributed by atoms with Crippen molar-refractivity contribution in [2.24, 2.45) is 29.0 Å². The second kappa shape index (κ2) is 5.23. The highest BCUT2D eigenvalue weighted by Crippen LogP contribution is 2.55. The number of carbonyl (C=O) groups excluding carboxylic acids is 1. The van der Waals surface area contributed by atoms with Crippen molar-refractivity contribution in [2.45, 2.75) is 64.4 Å². The van der Waals surface area contributed by atoms with Crippen LogP contribution in [0.3, 0.4) is 0 Å². The van der Waals surface area contributed by atoms with Gasteiger partial charge < -0.3 is 14.3 Å². The topological polar surface area (TPSA) is 74.2 Å². The summed E-state index contributed by atoms with van der Waals surface area (Å²) in [7, 11) is 0. The highest BCUT2D eigenvalue weighted by Gasteiger charge is 2.66. The fourth-order valence-electron chi connectivity index (χ4n) is 4.63. The van der Waals surface area contributed by atoms with Crippen molar-refractivity contribution >= 4 is 5.97 Å². The summed E-state index contributed by atoms with van der Waals surface area (Å²) in [6, 6.07) is 0. The molecule has 3 fully saturated rings. The Labute approximate surface area is 124 Å². The van der Waals surface area contributed by atoms with Crippen molar-refractivity contribution in [3.8, 4) is 0 Å². The van der Waals surface area contributed by atoms with Crippen LogP contribution in [-0.2, 0) is 19.1 Å². The standard InChI is InChI=1S/C15H23NO5/c1-8-4-6-12-10(3)13(17)20-14-15(12,21-16-18)11(8)7-5-9(2)19-14/h8-12,14H,4-7H2,1-3H3/t8-,9+,10-,11+,12+,14+,15-/m1/s1. The molecule has 21 heavy (non-hydrogen) atoms. The Balaban J connectivity index is 2.09. The number of esters is 1. The van der Waals surface area contributed by atoms with E-state index in [4.69, 9.17) is 14.3 Å². The van der Waals surface area contributed by atoms with Gasteiger partial charge in [-0.15, -0.1) is 4.91 Å². The molecule has 0 aromatic carbocycles. The molecule has 0 N–H and O–H groups in total. The van der Waals surface area contributed by atoms with Gasteiger partial charge in [0.1, 0.15) is 0 Å². The Hall–Kier alpha value is -1.17. The van der Waals surface area contributed by atoms with E-state index in [1.807, 2.05) is 13.8 Å². The first-order chi connectivity index (χ1) is 10.0. The van der Waals surface area contributed by atoms with E-state index < -0.39 is 11.9 Å². The molecule has 2 saturated heterocycles. The third-order valence-corrected chi connectivity index (χ3v) is 5.78. The van der Waals surface area contributed by atoms with Crippen LogP contribution in [0.5, 0.6) is 0 Å². The van der Waals surface area contributed by atoms with E-state index >= 15 is 0 Å². The molecule has 3 aliphatic rings. The molecule has 1 aliphatic carbocycles. The van der Waals surface area contributed by atoms with E-state index in [9.17, 15) is 9.70 Å². The van der Waals surface area contributed by atoms with Crippen LogP contribution in [0.15, 0.2) is 5.34 Å². The highest BCUT2D eigenvalue weighted by atomic mass is 16.8. The maximum absolute atomic E-state index is 12.1. The van der Waals surface area contributed by atoms with Crippen LogP contribution in [0.25, 0.3) is 0 Å². The molecule has 0 bridgehead atoms. The summed E-state index contributed by atoms with van der Waals surface area (Å²) in [6.45, 7) is 5.98. The molecule has 2 aliphatic heterocycles. The average molecular weight is 297 g/mol. The van der Waals surface area contributed by atoms with Gasteiger partial charge in [-0.2, -0.15) is 0 Å². The van der Waals surface area contributed by atoms with Crippen molar-refractivity contribution in [1.29, 1.82) is 0 Å². The Bertz CT molecular complexity index is 442. The van der Waals surface area contributed by atoms with Crippen LogP contribution in [0.2, 0.25) is 0 Å². The van der Waals surface area contributed by atoms with E-state index in [1.54, 1.807) is 0 Å². The molecule has 0 amide bonds. The van der Waals surface area contributed by atoms with Crippen LogP contribution in [0.4, 0.5) is 0 Å².